The van der Waals surface area contributed by atoms with Crippen LogP contribution in [-0.4, -0.2) is 16.1 Å². The summed E-state index contributed by atoms with van der Waals surface area (Å²) in [6.07, 6.45) is -3.35. The van der Waals surface area contributed by atoms with E-state index in [1.807, 2.05) is 6.07 Å². The van der Waals surface area contributed by atoms with E-state index in [-0.39, 0.29) is 34.9 Å². The van der Waals surface area contributed by atoms with Crippen molar-refractivity contribution >= 4 is 23.4 Å². The Bertz CT molecular complexity index is 1070. The first-order valence-corrected chi connectivity index (χ1v) is 10.0. The minimum atomic E-state index is -4.41. The van der Waals surface area contributed by atoms with Crippen molar-refractivity contribution in [2.75, 3.05) is 5.32 Å². The van der Waals surface area contributed by atoms with Crippen molar-refractivity contribution in [3.8, 4) is 5.75 Å². The highest BCUT2D eigenvalue weighted by molar-refractivity contribution is 7.98. The minimum Gasteiger partial charge on any atom is -0.484 e. The Labute approximate surface area is 173 Å². The highest BCUT2D eigenvalue weighted by atomic mass is 32.2. The van der Waals surface area contributed by atoms with E-state index in [2.05, 4.69) is 15.5 Å². The second-order valence-corrected chi connectivity index (χ2v) is 7.49. The molecular weight excluding hydrogens is 419 g/mol. The second-order valence-electron chi connectivity index (χ2n) is 6.56. The molecule has 2 heterocycles. The first-order chi connectivity index (χ1) is 14.4. The van der Waals surface area contributed by atoms with E-state index < -0.39 is 11.7 Å². The first kappa shape index (κ1) is 20.3. The fraction of sp³-hybridized carbons (Fsp3) is 0.250. The monoisotopic (exact) mass is 435 g/mol. The van der Waals surface area contributed by atoms with Gasteiger partial charge in [-0.3, -0.25) is 4.79 Å². The third kappa shape index (κ3) is 4.76. The Kier molecular flexibility index (Phi) is 5.67. The molecule has 156 valence electrons. The first-order valence-electron chi connectivity index (χ1n) is 9.04. The lowest BCUT2D eigenvalue weighted by Gasteiger charge is -2.17. The van der Waals surface area contributed by atoms with Gasteiger partial charge in [-0.1, -0.05) is 30.0 Å². The summed E-state index contributed by atoms with van der Waals surface area (Å²) in [7, 11) is 0. The van der Waals surface area contributed by atoms with Crippen molar-refractivity contribution in [3.05, 3.63) is 65.0 Å². The fourth-order valence-corrected chi connectivity index (χ4v) is 3.80. The normalized spacial score (nSPS) is 13.6. The summed E-state index contributed by atoms with van der Waals surface area (Å²) in [6, 6.07) is 10.7. The lowest BCUT2D eigenvalue weighted by molar-refractivity contribution is -0.138. The van der Waals surface area contributed by atoms with Crippen LogP contribution in [0, 0.1) is 0 Å². The van der Waals surface area contributed by atoms with Crippen LogP contribution in [0.15, 0.2) is 52.1 Å². The van der Waals surface area contributed by atoms with Gasteiger partial charge in [-0.2, -0.15) is 13.2 Å². The smallest absolute Gasteiger partial charge is 0.416 e. The molecule has 0 saturated carbocycles. The number of alkyl halides is 3. The molecule has 0 bridgehead atoms. The SMILES string of the molecule is O=C1CCc2cc(OCc3nnc(SCc4ccccc4C(F)(F)F)o3)ccc2N1. The Morgan fingerprint density at radius 2 is 1.97 bits per heavy atom. The standard InChI is InChI=1S/C20H16F3N3O3S/c21-20(22,23)15-4-2-1-3-13(15)11-30-19-26-25-18(29-19)10-28-14-6-7-16-12(9-14)5-8-17(27)24-16/h1-4,6-7,9H,5,8,10-11H2,(H,24,27). The summed E-state index contributed by atoms with van der Waals surface area (Å²) in [6.45, 7) is 0.0256. The van der Waals surface area contributed by atoms with Crippen LogP contribution in [0.3, 0.4) is 0 Å². The Hall–Kier alpha value is -3.01. The Balaban J connectivity index is 1.35. The molecule has 6 nitrogen and oxygen atoms in total. The van der Waals surface area contributed by atoms with Crippen molar-refractivity contribution in [2.45, 2.75) is 36.6 Å². The third-order valence-electron chi connectivity index (χ3n) is 4.46. The van der Waals surface area contributed by atoms with Crippen LogP contribution in [0.1, 0.15) is 29.0 Å². The molecule has 10 heteroatoms. The van der Waals surface area contributed by atoms with Crippen LogP contribution in [0.2, 0.25) is 0 Å². The van der Waals surface area contributed by atoms with Gasteiger partial charge in [0.1, 0.15) is 5.75 Å². The number of amides is 1. The highest BCUT2D eigenvalue weighted by Crippen LogP contribution is 2.34. The number of carbonyl (C=O) groups is 1. The summed E-state index contributed by atoms with van der Waals surface area (Å²) in [5, 5.41) is 10.7. The van der Waals surface area contributed by atoms with Gasteiger partial charge in [-0.15, -0.1) is 10.2 Å². The molecule has 1 amide bonds. The zero-order valence-corrected chi connectivity index (χ0v) is 16.3. The number of rotatable bonds is 6. The van der Waals surface area contributed by atoms with E-state index >= 15 is 0 Å². The fourth-order valence-electron chi connectivity index (χ4n) is 3.01. The lowest BCUT2D eigenvalue weighted by atomic mass is 10.0. The molecule has 1 aliphatic rings. The zero-order chi connectivity index (χ0) is 21.1. The van der Waals surface area contributed by atoms with E-state index in [9.17, 15) is 18.0 Å². The quantitative estimate of drug-likeness (QED) is 0.558. The van der Waals surface area contributed by atoms with Gasteiger partial charge in [0.2, 0.25) is 5.91 Å². The number of carbonyl (C=O) groups excluding carboxylic acids is 1. The molecule has 0 unspecified atom stereocenters. The van der Waals surface area contributed by atoms with Gasteiger partial charge in [-0.25, -0.2) is 0 Å². The van der Waals surface area contributed by atoms with Gasteiger partial charge < -0.3 is 14.5 Å². The topological polar surface area (TPSA) is 77.2 Å². The van der Waals surface area contributed by atoms with Crippen molar-refractivity contribution in [1.82, 2.24) is 10.2 Å². The zero-order valence-electron chi connectivity index (χ0n) is 15.5. The molecule has 1 N–H and O–H groups in total. The van der Waals surface area contributed by atoms with Crippen LogP contribution >= 0.6 is 11.8 Å². The molecule has 1 aromatic heterocycles. The van der Waals surface area contributed by atoms with Gasteiger partial charge in [0.25, 0.3) is 11.1 Å². The van der Waals surface area contributed by atoms with Crippen LogP contribution in [0.5, 0.6) is 5.75 Å². The molecule has 30 heavy (non-hydrogen) atoms. The summed E-state index contributed by atoms with van der Waals surface area (Å²) < 4.78 is 50.3. The van der Waals surface area contributed by atoms with Gasteiger partial charge in [0, 0.05) is 17.9 Å². The van der Waals surface area contributed by atoms with Crippen LogP contribution in [0.25, 0.3) is 0 Å². The number of benzene rings is 2. The Morgan fingerprint density at radius 1 is 1.13 bits per heavy atom. The predicted molar refractivity (Wildman–Crippen MR) is 103 cm³/mol. The van der Waals surface area contributed by atoms with Crippen molar-refractivity contribution in [1.29, 1.82) is 0 Å². The maximum absolute atomic E-state index is 13.1. The van der Waals surface area contributed by atoms with Gasteiger partial charge in [0.05, 0.1) is 5.56 Å². The van der Waals surface area contributed by atoms with E-state index in [4.69, 9.17) is 9.15 Å². The molecule has 2 aromatic carbocycles. The molecule has 0 fully saturated rings. The van der Waals surface area contributed by atoms with E-state index in [0.29, 0.717) is 18.6 Å². The average molecular weight is 435 g/mol. The van der Waals surface area contributed by atoms with Crippen LogP contribution in [-0.2, 0) is 29.8 Å². The lowest BCUT2D eigenvalue weighted by Crippen LogP contribution is -2.18. The summed E-state index contributed by atoms with van der Waals surface area (Å²) in [5.74, 6) is 0.850. The molecular formula is C20H16F3N3O3S. The number of aryl methyl sites for hydroxylation is 1. The van der Waals surface area contributed by atoms with Crippen LogP contribution < -0.4 is 10.1 Å². The second kappa shape index (κ2) is 8.39. The summed E-state index contributed by atoms with van der Waals surface area (Å²) in [4.78, 5) is 11.4. The largest absolute Gasteiger partial charge is 0.484 e. The number of hydrogen-bond acceptors (Lipinski definition) is 6. The number of hydrogen-bond donors (Lipinski definition) is 1. The van der Waals surface area contributed by atoms with Gasteiger partial charge in [0.15, 0.2) is 6.61 Å². The van der Waals surface area contributed by atoms with Crippen molar-refractivity contribution in [2.24, 2.45) is 0 Å². The molecule has 0 radical (unpaired) electrons. The number of anilines is 1. The molecule has 4 rings (SSSR count). The molecule has 0 aliphatic carbocycles. The number of nitrogens with one attached hydrogen (secondary N) is 1. The number of nitrogens with zero attached hydrogens (tertiary/aromatic N) is 2. The van der Waals surface area contributed by atoms with Crippen LogP contribution in [0.4, 0.5) is 18.9 Å². The van der Waals surface area contributed by atoms with E-state index in [1.165, 1.54) is 12.1 Å². The number of halogens is 3. The van der Waals surface area contributed by atoms with Gasteiger partial charge in [-0.05, 0) is 41.8 Å². The molecule has 0 spiro atoms. The number of ether oxygens (including phenoxy) is 1. The number of thioether (sulfide) groups is 1. The predicted octanol–water partition coefficient (Wildman–Crippen LogP) is 4.84. The molecule has 0 atom stereocenters. The third-order valence-corrected chi connectivity index (χ3v) is 5.32. The van der Waals surface area contributed by atoms with Crippen molar-refractivity contribution < 1.29 is 27.1 Å². The maximum atomic E-state index is 13.1. The summed E-state index contributed by atoms with van der Waals surface area (Å²) >= 11 is 1.03. The molecule has 1 aliphatic heterocycles. The molecule has 3 aromatic rings. The molecule has 0 saturated heterocycles. The number of aromatic nitrogens is 2. The van der Waals surface area contributed by atoms with E-state index in [0.717, 1.165) is 29.1 Å². The maximum Gasteiger partial charge on any atom is 0.416 e. The average Bonchev–Trinajstić information content (AvgIpc) is 3.18. The number of fused-ring (bicyclic) bond motifs is 1. The highest BCUT2D eigenvalue weighted by Gasteiger charge is 2.32. The summed E-state index contributed by atoms with van der Waals surface area (Å²) in [5.41, 5.74) is 1.22. The minimum absolute atomic E-state index is 0.00934. The van der Waals surface area contributed by atoms with Gasteiger partial charge >= 0.3 is 6.18 Å². The van der Waals surface area contributed by atoms with E-state index in [1.54, 1.807) is 18.2 Å². The van der Waals surface area contributed by atoms with Crippen molar-refractivity contribution in [3.63, 3.8) is 0 Å². The Morgan fingerprint density at radius 3 is 2.80 bits per heavy atom.